The Morgan fingerprint density at radius 3 is 1.04 bits per heavy atom. The molecule has 0 aliphatic carbocycles. The molecule has 0 aliphatic rings. The highest BCUT2D eigenvalue weighted by atomic mass is 14.7. The van der Waals surface area contributed by atoms with Crippen molar-refractivity contribution in [3.8, 4) is 101 Å². The van der Waals surface area contributed by atoms with Gasteiger partial charge in [-0.2, -0.15) is 0 Å². The first-order valence-corrected chi connectivity index (χ1v) is 23.3. The minimum atomic E-state index is 0.858. The zero-order chi connectivity index (χ0) is 45.5. The lowest BCUT2D eigenvalue weighted by molar-refractivity contribution is 0.951. The number of aromatic nitrogens is 3. The molecule has 0 aliphatic heterocycles. The lowest BCUT2D eigenvalue weighted by Gasteiger charge is -2.16. The maximum absolute atomic E-state index is 5.08. The summed E-state index contributed by atoms with van der Waals surface area (Å²) < 4.78 is 0. The first kappa shape index (κ1) is 41.9. The smallest absolute Gasteiger partial charge is 0.0702 e. The standard InChI is InChI=1S/C65H47N3/c1-4-15-48(16-5-1)49-30-32-50(33-31-49)53-21-14-22-54(41-53)65-38-35-56(45-68-65)60-24-11-13-26-62(60)58-40-47(28-27-46-29-36-63(66-43-46)51-17-6-2-7-18-51)39-57(42-58)61-25-12-10-23-59(61)55-34-37-64(67-44-55)52-19-8-3-9-20-52/h1-26,29-45H,27-28H2. The Hall–Kier alpha value is -8.79. The molecule has 3 aromatic heterocycles. The second kappa shape index (κ2) is 19.4. The van der Waals surface area contributed by atoms with E-state index in [4.69, 9.17) is 15.0 Å². The normalized spacial score (nSPS) is 11.1. The van der Waals surface area contributed by atoms with E-state index in [2.05, 4.69) is 231 Å². The Bertz CT molecular complexity index is 3440. The van der Waals surface area contributed by atoms with Gasteiger partial charge in [0.05, 0.1) is 17.1 Å². The largest absolute Gasteiger partial charge is 0.256 e. The van der Waals surface area contributed by atoms with Crippen molar-refractivity contribution < 1.29 is 0 Å². The third kappa shape index (κ3) is 9.19. The van der Waals surface area contributed by atoms with Crippen LogP contribution in [0.1, 0.15) is 11.1 Å². The van der Waals surface area contributed by atoms with Gasteiger partial charge in [0.25, 0.3) is 0 Å². The van der Waals surface area contributed by atoms with Crippen LogP contribution in [0.5, 0.6) is 0 Å². The van der Waals surface area contributed by atoms with Crippen LogP contribution in [-0.2, 0) is 12.8 Å². The Kier molecular flexibility index (Phi) is 11.9. The average Bonchev–Trinajstić information content (AvgIpc) is 3.43. The molecule has 3 heterocycles. The molecule has 0 fully saturated rings. The molecule has 0 saturated carbocycles. The summed E-state index contributed by atoms with van der Waals surface area (Å²) in [6.07, 6.45) is 7.78. The van der Waals surface area contributed by atoms with Crippen molar-refractivity contribution in [2.24, 2.45) is 0 Å². The number of aryl methyl sites for hydroxylation is 2. The third-order valence-electron chi connectivity index (χ3n) is 12.8. The highest BCUT2D eigenvalue weighted by Gasteiger charge is 2.15. The molecule has 3 heteroatoms. The van der Waals surface area contributed by atoms with Crippen LogP contribution in [0.3, 0.4) is 0 Å². The minimum absolute atomic E-state index is 0.858. The molecule has 0 saturated heterocycles. The Labute approximate surface area is 398 Å². The number of hydrogen-bond acceptors (Lipinski definition) is 3. The second-order valence-corrected chi connectivity index (χ2v) is 17.2. The van der Waals surface area contributed by atoms with Crippen LogP contribution in [0.2, 0.25) is 0 Å². The van der Waals surface area contributed by atoms with E-state index in [1.54, 1.807) is 0 Å². The van der Waals surface area contributed by atoms with Crippen LogP contribution in [0.4, 0.5) is 0 Å². The quantitative estimate of drug-likeness (QED) is 0.123. The fourth-order valence-electron chi connectivity index (χ4n) is 9.16. The molecule has 68 heavy (non-hydrogen) atoms. The van der Waals surface area contributed by atoms with E-state index in [1.165, 1.54) is 27.8 Å². The van der Waals surface area contributed by atoms with E-state index in [9.17, 15) is 0 Å². The molecule has 0 unspecified atom stereocenters. The molecule has 3 nitrogen and oxygen atoms in total. The highest BCUT2D eigenvalue weighted by Crippen LogP contribution is 2.39. The topological polar surface area (TPSA) is 38.7 Å². The van der Waals surface area contributed by atoms with E-state index in [0.717, 1.165) is 96.7 Å². The van der Waals surface area contributed by atoms with E-state index >= 15 is 0 Å². The zero-order valence-corrected chi connectivity index (χ0v) is 37.6. The molecule has 0 atom stereocenters. The van der Waals surface area contributed by atoms with Crippen molar-refractivity contribution in [1.29, 1.82) is 0 Å². The SMILES string of the molecule is c1ccc(-c2ccc(-c3cccc(-c4ccc(-c5ccccc5-c5cc(CCc6ccc(-c7ccccc7)nc6)cc(-c6ccccc6-c6ccc(-c7ccccc7)nc6)c5)cn4)c3)cc2)cc1. The Balaban J connectivity index is 0.922. The lowest BCUT2D eigenvalue weighted by atomic mass is 9.88. The summed E-state index contributed by atoms with van der Waals surface area (Å²) >= 11 is 0. The minimum Gasteiger partial charge on any atom is -0.256 e. The van der Waals surface area contributed by atoms with Crippen molar-refractivity contribution in [2.45, 2.75) is 12.8 Å². The van der Waals surface area contributed by atoms with Gasteiger partial charge in [0.2, 0.25) is 0 Å². The molecule has 11 aromatic rings. The summed E-state index contributed by atoms with van der Waals surface area (Å²) in [6, 6.07) is 86.2. The van der Waals surface area contributed by atoms with Crippen LogP contribution >= 0.6 is 0 Å². The summed E-state index contributed by atoms with van der Waals surface area (Å²) in [4.78, 5) is 14.9. The van der Waals surface area contributed by atoms with Crippen molar-refractivity contribution >= 4 is 0 Å². The summed E-state index contributed by atoms with van der Waals surface area (Å²) in [7, 11) is 0. The van der Waals surface area contributed by atoms with Crippen molar-refractivity contribution in [2.75, 3.05) is 0 Å². The Morgan fingerprint density at radius 2 is 0.559 bits per heavy atom. The molecule has 0 amide bonds. The fourth-order valence-corrected chi connectivity index (χ4v) is 9.16. The van der Waals surface area contributed by atoms with Crippen LogP contribution in [0.25, 0.3) is 101 Å². The molecular weight excluding hydrogens is 823 g/mol. The maximum atomic E-state index is 5.08. The van der Waals surface area contributed by atoms with Gasteiger partial charge >= 0.3 is 0 Å². The Morgan fingerprint density at radius 1 is 0.206 bits per heavy atom. The monoisotopic (exact) mass is 869 g/mol. The number of hydrogen-bond donors (Lipinski definition) is 0. The van der Waals surface area contributed by atoms with E-state index < -0.39 is 0 Å². The molecule has 0 spiro atoms. The predicted molar refractivity (Wildman–Crippen MR) is 283 cm³/mol. The summed E-state index contributed by atoms with van der Waals surface area (Å²) in [6.45, 7) is 0. The zero-order valence-electron chi connectivity index (χ0n) is 37.6. The molecule has 0 bridgehead atoms. The summed E-state index contributed by atoms with van der Waals surface area (Å²) in [5.74, 6) is 0. The van der Waals surface area contributed by atoms with Gasteiger partial charge in [0, 0.05) is 46.4 Å². The van der Waals surface area contributed by atoms with E-state index in [1.807, 2.05) is 30.7 Å². The lowest BCUT2D eigenvalue weighted by Crippen LogP contribution is -1.96. The second-order valence-electron chi connectivity index (χ2n) is 17.2. The van der Waals surface area contributed by atoms with Crippen molar-refractivity contribution in [1.82, 2.24) is 15.0 Å². The van der Waals surface area contributed by atoms with Gasteiger partial charge in [-0.3, -0.25) is 15.0 Å². The summed E-state index contributed by atoms with van der Waals surface area (Å²) in [5, 5.41) is 0. The molecule has 8 aromatic carbocycles. The van der Waals surface area contributed by atoms with Gasteiger partial charge in [0.15, 0.2) is 0 Å². The third-order valence-corrected chi connectivity index (χ3v) is 12.8. The molecular formula is C65H47N3. The molecule has 322 valence electrons. The number of benzene rings is 8. The van der Waals surface area contributed by atoms with Gasteiger partial charge < -0.3 is 0 Å². The van der Waals surface area contributed by atoms with Crippen LogP contribution in [0.15, 0.2) is 261 Å². The number of nitrogens with zero attached hydrogens (tertiary/aromatic N) is 3. The summed E-state index contributed by atoms with van der Waals surface area (Å²) in [5.41, 5.74) is 22.5. The first-order chi connectivity index (χ1) is 33.7. The van der Waals surface area contributed by atoms with Crippen molar-refractivity contribution in [3.05, 3.63) is 272 Å². The first-order valence-electron chi connectivity index (χ1n) is 23.3. The molecule has 0 N–H and O–H groups in total. The van der Waals surface area contributed by atoms with Crippen LogP contribution in [0, 0.1) is 0 Å². The van der Waals surface area contributed by atoms with Gasteiger partial charge in [0.1, 0.15) is 0 Å². The molecule has 0 radical (unpaired) electrons. The van der Waals surface area contributed by atoms with Crippen LogP contribution in [-0.4, -0.2) is 15.0 Å². The maximum Gasteiger partial charge on any atom is 0.0702 e. The average molecular weight is 870 g/mol. The van der Waals surface area contributed by atoms with Gasteiger partial charge in [-0.05, 0) is 110 Å². The van der Waals surface area contributed by atoms with E-state index in [0.29, 0.717) is 0 Å². The highest BCUT2D eigenvalue weighted by molar-refractivity contribution is 5.89. The van der Waals surface area contributed by atoms with Gasteiger partial charge in [-0.15, -0.1) is 0 Å². The van der Waals surface area contributed by atoms with Gasteiger partial charge in [-0.1, -0.05) is 212 Å². The van der Waals surface area contributed by atoms with Crippen molar-refractivity contribution in [3.63, 3.8) is 0 Å². The molecule has 11 rings (SSSR count). The number of rotatable bonds is 12. The van der Waals surface area contributed by atoms with Gasteiger partial charge in [-0.25, -0.2) is 0 Å². The fraction of sp³-hybridized carbons (Fsp3) is 0.0308. The predicted octanol–water partition coefficient (Wildman–Crippen LogP) is 16.7. The van der Waals surface area contributed by atoms with Crippen LogP contribution < -0.4 is 0 Å². The number of pyridine rings is 3. The van der Waals surface area contributed by atoms with E-state index in [-0.39, 0.29) is 0 Å².